The molecule has 0 atom stereocenters. The summed E-state index contributed by atoms with van der Waals surface area (Å²) in [4.78, 5) is 11.8. The summed E-state index contributed by atoms with van der Waals surface area (Å²) in [5, 5.41) is 0. The first kappa shape index (κ1) is 20.2. The molecule has 2 aromatic carbocycles. The summed E-state index contributed by atoms with van der Waals surface area (Å²) in [5.41, 5.74) is 6.76. The van der Waals surface area contributed by atoms with Crippen LogP contribution in [0.4, 0.5) is 0 Å². The molecule has 0 aliphatic rings. The van der Waals surface area contributed by atoms with Crippen molar-refractivity contribution in [2.45, 2.75) is 73.1 Å². The summed E-state index contributed by atoms with van der Waals surface area (Å²) in [6, 6.07) is 10.9. The quantitative estimate of drug-likeness (QED) is 0.456. The maximum atomic E-state index is 11.8. The molecule has 2 nitrogen and oxygen atoms in total. The number of carbonyl (C=O) groups excluding carboxylic acids is 1. The third-order valence-corrected chi connectivity index (χ3v) is 4.64. The molecule has 0 saturated carbocycles. The molecule has 2 heteroatoms. The molecule has 0 amide bonds. The Balaban J connectivity index is 2.86. The lowest BCUT2D eigenvalue weighted by Gasteiger charge is -2.30. The topological polar surface area (TPSA) is 26.3 Å². The Kier molecular flexibility index (Phi) is 5.37. The molecule has 0 unspecified atom stereocenters. The number of carbonyl (C=O) groups is 1. The van der Waals surface area contributed by atoms with Crippen LogP contribution in [-0.4, -0.2) is 5.97 Å². The lowest BCUT2D eigenvalue weighted by atomic mass is 9.77. The van der Waals surface area contributed by atoms with Crippen LogP contribution >= 0.6 is 0 Å². The molecular weight excluding hydrogens is 320 g/mol. The lowest BCUT2D eigenvalue weighted by Crippen LogP contribution is -2.21. The Morgan fingerprint density at radius 2 is 1.35 bits per heavy atom. The van der Waals surface area contributed by atoms with Crippen molar-refractivity contribution in [2.24, 2.45) is 0 Å². The van der Waals surface area contributed by atoms with Gasteiger partial charge in [-0.05, 0) is 53.5 Å². The van der Waals surface area contributed by atoms with Gasteiger partial charge in [0.05, 0.1) is 0 Å². The van der Waals surface area contributed by atoms with Gasteiger partial charge in [-0.15, -0.1) is 0 Å². The molecule has 0 saturated heterocycles. The van der Waals surface area contributed by atoms with Gasteiger partial charge >= 0.3 is 5.97 Å². The molecule has 0 radical (unpaired) electrons. The molecule has 0 aliphatic carbocycles. The first-order chi connectivity index (χ1) is 11.8. The molecule has 0 fully saturated rings. The van der Waals surface area contributed by atoms with Crippen molar-refractivity contribution in [1.29, 1.82) is 0 Å². The van der Waals surface area contributed by atoms with E-state index in [1.54, 1.807) is 0 Å². The Morgan fingerprint density at radius 1 is 0.846 bits per heavy atom. The van der Waals surface area contributed by atoms with E-state index >= 15 is 0 Å². The van der Waals surface area contributed by atoms with E-state index < -0.39 is 0 Å². The van der Waals surface area contributed by atoms with Gasteiger partial charge in [-0.25, -0.2) is 0 Å². The zero-order valence-corrected chi connectivity index (χ0v) is 17.7. The maximum absolute atomic E-state index is 11.8. The molecule has 0 bridgehead atoms. The number of hydrogen-bond acceptors (Lipinski definition) is 2. The smallest absolute Gasteiger partial charge is 0.308 e. The standard InChI is InChI=1S/C24H32O2/c1-15-10-11-19(16(2)12-15)18-13-20(23(4,5)6)22(26-17(3)25)21(14-18)24(7,8)9/h10-14H,1-9H3. The van der Waals surface area contributed by atoms with E-state index in [1.165, 1.54) is 29.2 Å². The molecule has 26 heavy (non-hydrogen) atoms. The lowest BCUT2D eigenvalue weighted by molar-refractivity contribution is -0.132. The van der Waals surface area contributed by atoms with Crippen LogP contribution in [0.25, 0.3) is 11.1 Å². The summed E-state index contributed by atoms with van der Waals surface area (Å²) in [7, 11) is 0. The highest BCUT2D eigenvalue weighted by Crippen LogP contribution is 2.43. The summed E-state index contributed by atoms with van der Waals surface area (Å²) < 4.78 is 5.73. The molecule has 2 rings (SSSR count). The van der Waals surface area contributed by atoms with Crippen molar-refractivity contribution >= 4 is 5.97 Å². The predicted octanol–water partition coefficient (Wildman–Crippen LogP) is 6.49. The van der Waals surface area contributed by atoms with Gasteiger partial charge in [0.15, 0.2) is 0 Å². The fraction of sp³-hybridized carbons (Fsp3) is 0.458. The van der Waals surface area contributed by atoms with Crippen LogP contribution in [0.15, 0.2) is 30.3 Å². The molecule has 0 aromatic heterocycles. The average Bonchev–Trinajstić information content (AvgIpc) is 2.44. The second-order valence-electron chi connectivity index (χ2n) is 9.31. The average molecular weight is 353 g/mol. The predicted molar refractivity (Wildman–Crippen MR) is 110 cm³/mol. The fourth-order valence-corrected chi connectivity index (χ4v) is 3.29. The number of aryl methyl sites for hydroxylation is 2. The van der Waals surface area contributed by atoms with Gasteiger partial charge < -0.3 is 4.74 Å². The van der Waals surface area contributed by atoms with Gasteiger partial charge in [0.2, 0.25) is 0 Å². The van der Waals surface area contributed by atoms with Gasteiger partial charge in [-0.2, -0.15) is 0 Å². The fourth-order valence-electron chi connectivity index (χ4n) is 3.29. The summed E-state index contributed by atoms with van der Waals surface area (Å²) in [5.74, 6) is 0.436. The van der Waals surface area contributed by atoms with E-state index in [2.05, 4.69) is 85.7 Å². The molecule has 0 aliphatic heterocycles. The number of benzene rings is 2. The van der Waals surface area contributed by atoms with Crippen LogP contribution in [0.1, 0.15) is 70.7 Å². The zero-order chi connectivity index (χ0) is 19.9. The Hall–Kier alpha value is -2.09. The summed E-state index contributed by atoms with van der Waals surface area (Å²) in [6.45, 7) is 18.7. The van der Waals surface area contributed by atoms with Crippen molar-refractivity contribution in [1.82, 2.24) is 0 Å². The van der Waals surface area contributed by atoms with E-state index in [9.17, 15) is 4.79 Å². The summed E-state index contributed by atoms with van der Waals surface area (Å²) >= 11 is 0. The monoisotopic (exact) mass is 352 g/mol. The van der Waals surface area contributed by atoms with E-state index in [1.807, 2.05) is 0 Å². The number of rotatable bonds is 2. The van der Waals surface area contributed by atoms with Crippen LogP contribution in [0.2, 0.25) is 0 Å². The van der Waals surface area contributed by atoms with Crippen LogP contribution in [0, 0.1) is 13.8 Å². The van der Waals surface area contributed by atoms with Gasteiger partial charge in [0.25, 0.3) is 0 Å². The normalized spacial score (nSPS) is 12.2. The van der Waals surface area contributed by atoms with Crippen LogP contribution in [-0.2, 0) is 15.6 Å². The van der Waals surface area contributed by atoms with E-state index in [4.69, 9.17) is 4.74 Å². The van der Waals surface area contributed by atoms with Crippen LogP contribution < -0.4 is 4.74 Å². The molecule has 0 N–H and O–H groups in total. The number of ether oxygens (including phenoxy) is 1. The second-order valence-corrected chi connectivity index (χ2v) is 9.31. The zero-order valence-electron chi connectivity index (χ0n) is 17.7. The maximum Gasteiger partial charge on any atom is 0.308 e. The second kappa shape index (κ2) is 6.90. The Labute approximate surface area is 158 Å². The SMILES string of the molecule is CC(=O)Oc1c(C(C)(C)C)cc(-c2ccc(C)cc2C)cc1C(C)(C)C. The highest BCUT2D eigenvalue weighted by molar-refractivity contribution is 5.75. The van der Waals surface area contributed by atoms with E-state index in [0.717, 1.165) is 11.1 Å². The minimum Gasteiger partial charge on any atom is -0.426 e. The van der Waals surface area contributed by atoms with Gasteiger partial charge in [0.1, 0.15) is 5.75 Å². The molecule has 2 aromatic rings. The third-order valence-electron chi connectivity index (χ3n) is 4.64. The van der Waals surface area contributed by atoms with Gasteiger partial charge in [0, 0.05) is 18.1 Å². The number of esters is 1. The largest absolute Gasteiger partial charge is 0.426 e. The van der Waals surface area contributed by atoms with Gasteiger partial charge in [-0.1, -0.05) is 65.3 Å². The van der Waals surface area contributed by atoms with Gasteiger partial charge in [-0.3, -0.25) is 4.79 Å². The highest BCUT2D eigenvalue weighted by atomic mass is 16.5. The number of hydrogen-bond donors (Lipinski definition) is 0. The first-order valence-corrected chi connectivity index (χ1v) is 9.26. The van der Waals surface area contributed by atoms with Crippen molar-refractivity contribution in [3.63, 3.8) is 0 Å². The van der Waals surface area contributed by atoms with Crippen molar-refractivity contribution in [3.8, 4) is 16.9 Å². The summed E-state index contributed by atoms with van der Waals surface area (Å²) in [6.07, 6.45) is 0. The first-order valence-electron chi connectivity index (χ1n) is 9.26. The van der Waals surface area contributed by atoms with Crippen LogP contribution in [0.5, 0.6) is 5.75 Å². The Morgan fingerprint density at radius 3 is 1.73 bits per heavy atom. The third kappa shape index (κ3) is 4.35. The van der Waals surface area contributed by atoms with Crippen LogP contribution in [0.3, 0.4) is 0 Å². The molecular formula is C24H32O2. The van der Waals surface area contributed by atoms with Crippen molar-refractivity contribution in [3.05, 3.63) is 52.6 Å². The molecule has 140 valence electrons. The van der Waals surface area contributed by atoms with Crippen molar-refractivity contribution < 1.29 is 9.53 Å². The van der Waals surface area contributed by atoms with E-state index in [0.29, 0.717) is 5.75 Å². The van der Waals surface area contributed by atoms with Crippen molar-refractivity contribution in [2.75, 3.05) is 0 Å². The molecule has 0 spiro atoms. The minimum atomic E-state index is -0.278. The Bertz CT molecular complexity index is 795. The highest BCUT2D eigenvalue weighted by Gasteiger charge is 2.29. The van der Waals surface area contributed by atoms with E-state index in [-0.39, 0.29) is 16.8 Å². The molecule has 0 heterocycles. The minimum absolute atomic E-state index is 0.139.